The Labute approximate surface area is 188 Å². The normalized spacial score (nSPS) is 14.2. The fraction of sp³-hybridized carbons (Fsp3) is 0.320. The van der Waals surface area contributed by atoms with E-state index in [1.807, 2.05) is 6.07 Å². The number of carbonyl (C=O) groups is 1. The van der Waals surface area contributed by atoms with Crippen molar-refractivity contribution in [2.24, 2.45) is 5.92 Å². The third-order valence-corrected chi connectivity index (χ3v) is 5.81. The summed E-state index contributed by atoms with van der Waals surface area (Å²) in [6.45, 7) is 3.61. The van der Waals surface area contributed by atoms with Crippen LogP contribution in [-0.4, -0.2) is 43.2 Å². The number of hydrogen-bond donors (Lipinski definition) is 1. The summed E-state index contributed by atoms with van der Waals surface area (Å²) in [5.74, 6) is 2.14. The molecule has 7 nitrogen and oxygen atoms in total. The molecule has 1 aliphatic heterocycles. The second-order valence-electron chi connectivity index (χ2n) is 7.98. The van der Waals surface area contributed by atoms with Crippen LogP contribution in [0, 0.1) is 12.8 Å². The lowest BCUT2D eigenvalue weighted by molar-refractivity contribution is -0.120. The van der Waals surface area contributed by atoms with Gasteiger partial charge in [0.25, 0.3) is 0 Å². The number of carbonyl (C=O) groups excluding carboxylic acids is 1. The van der Waals surface area contributed by atoms with Gasteiger partial charge in [-0.05, 0) is 19.8 Å². The molecular formula is C25H28N4O3. The van der Waals surface area contributed by atoms with E-state index >= 15 is 0 Å². The van der Waals surface area contributed by atoms with Crippen LogP contribution in [0.15, 0.2) is 54.9 Å². The Morgan fingerprint density at radius 2 is 1.62 bits per heavy atom. The molecule has 2 heterocycles. The van der Waals surface area contributed by atoms with Gasteiger partial charge in [0, 0.05) is 54.5 Å². The van der Waals surface area contributed by atoms with Crippen LogP contribution in [0.2, 0.25) is 0 Å². The van der Waals surface area contributed by atoms with Crippen molar-refractivity contribution in [1.29, 1.82) is 0 Å². The maximum absolute atomic E-state index is 12.8. The van der Waals surface area contributed by atoms with Gasteiger partial charge in [0.05, 0.1) is 19.9 Å². The molecule has 0 atom stereocenters. The predicted octanol–water partition coefficient (Wildman–Crippen LogP) is 4.32. The second kappa shape index (κ2) is 9.68. The number of amides is 1. The Morgan fingerprint density at radius 1 is 0.969 bits per heavy atom. The van der Waals surface area contributed by atoms with E-state index in [0.29, 0.717) is 17.2 Å². The van der Waals surface area contributed by atoms with E-state index in [0.717, 1.165) is 43.0 Å². The van der Waals surface area contributed by atoms with Crippen molar-refractivity contribution in [3.63, 3.8) is 0 Å². The molecule has 0 spiro atoms. The molecule has 32 heavy (non-hydrogen) atoms. The molecule has 166 valence electrons. The first-order chi connectivity index (χ1) is 15.6. The molecule has 1 amide bonds. The maximum atomic E-state index is 12.8. The number of aryl methyl sites for hydroxylation is 1. The largest absolute Gasteiger partial charge is 0.497 e. The van der Waals surface area contributed by atoms with Crippen molar-refractivity contribution in [3.05, 3.63) is 60.4 Å². The van der Waals surface area contributed by atoms with Gasteiger partial charge < -0.3 is 19.7 Å². The molecular weight excluding hydrogens is 404 g/mol. The summed E-state index contributed by atoms with van der Waals surface area (Å²) in [5.41, 5.74) is 3.87. The first-order valence-electron chi connectivity index (χ1n) is 10.7. The summed E-state index contributed by atoms with van der Waals surface area (Å²) < 4.78 is 10.6. The zero-order chi connectivity index (χ0) is 22.5. The lowest BCUT2D eigenvalue weighted by Crippen LogP contribution is -2.38. The number of aromatic nitrogens is 2. The zero-order valence-electron chi connectivity index (χ0n) is 18.7. The molecule has 0 radical (unpaired) electrons. The van der Waals surface area contributed by atoms with Crippen LogP contribution in [0.25, 0.3) is 11.3 Å². The molecule has 3 aromatic rings. The number of ether oxygens (including phenoxy) is 2. The van der Waals surface area contributed by atoms with Crippen molar-refractivity contribution >= 4 is 17.4 Å². The van der Waals surface area contributed by atoms with E-state index in [2.05, 4.69) is 51.4 Å². The van der Waals surface area contributed by atoms with Crippen LogP contribution >= 0.6 is 0 Å². The van der Waals surface area contributed by atoms with Gasteiger partial charge >= 0.3 is 0 Å². The first-order valence-corrected chi connectivity index (χ1v) is 10.7. The Hall–Kier alpha value is -3.61. The molecule has 0 bridgehead atoms. The highest BCUT2D eigenvalue weighted by molar-refractivity contribution is 5.93. The molecule has 1 N–H and O–H groups in total. The van der Waals surface area contributed by atoms with Crippen LogP contribution in [0.4, 0.5) is 11.5 Å². The standard InChI is InChI=1S/C25H28N4O3/c1-17-4-6-18(7-5-17)23-15-24(27-16-26-23)29-10-8-19(9-11-29)25(30)28-20-12-21(31-2)14-22(13-20)32-3/h4-7,12-16,19H,8-11H2,1-3H3,(H,28,30). The fourth-order valence-corrected chi connectivity index (χ4v) is 3.90. The highest BCUT2D eigenvalue weighted by Crippen LogP contribution is 2.28. The van der Waals surface area contributed by atoms with Gasteiger partial charge in [-0.3, -0.25) is 4.79 Å². The topological polar surface area (TPSA) is 76.6 Å². The zero-order valence-corrected chi connectivity index (χ0v) is 18.7. The Bertz CT molecular complexity index is 1050. The van der Waals surface area contributed by atoms with Crippen molar-refractivity contribution in [2.75, 3.05) is 37.5 Å². The van der Waals surface area contributed by atoms with E-state index in [1.54, 1.807) is 38.7 Å². The summed E-state index contributed by atoms with van der Waals surface area (Å²) >= 11 is 0. The van der Waals surface area contributed by atoms with Crippen molar-refractivity contribution in [1.82, 2.24) is 9.97 Å². The molecule has 1 aliphatic rings. The second-order valence-corrected chi connectivity index (χ2v) is 7.98. The number of anilines is 2. The Balaban J connectivity index is 1.38. The third-order valence-electron chi connectivity index (χ3n) is 5.81. The lowest BCUT2D eigenvalue weighted by Gasteiger charge is -2.32. The molecule has 1 aromatic heterocycles. The Kier molecular flexibility index (Phi) is 6.54. The van der Waals surface area contributed by atoms with Crippen molar-refractivity contribution < 1.29 is 14.3 Å². The molecule has 4 rings (SSSR count). The lowest BCUT2D eigenvalue weighted by atomic mass is 9.95. The molecule has 7 heteroatoms. The van der Waals surface area contributed by atoms with Crippen LogP contribution in [0.1, 0.15) is 18.4 Å². The number of benzene rings is 2. The Morgan fingerprint density at radius 3 is 2.25 bits per heavy atom. The van der Waals surface area contributed by atoms with E-state index in [9.17, 15) is 4.79 Å². The molecule has 2 aromatic carbocycles. The summed E-state index contributed by atoms with van der Waals surface area (Å²) in [4.78, 5) is 24.0. The van der Waals surface area contributed by atoms with Gasteiger partial charge in [0.1, 0.15) is 23.6 Å². The number of methoxy groups -OCH3 is 2. The average molecular weight is 433 g/mol. The first kappa shape index (κ1) is 21.6. The number of nitrogens with zero attached hydrogens (tertiary/aromatic N) is 3. The highest BCUT2D eigenvalue weighted by atomic mass is 16.5. The highest BCUT2D eigenvalue weighted by Gasteiger charge is 2.26. The van der Waals surface area contributed by atoms with Crippen LogP contribution in [-0.2, 0) is 4.79 Å². The minimum absolute atomic E-state index is 0.0167. The van der Waals surface area contributed by atoms with E-state index < -0.39 is 0 Å². The minimum atomic E-state index is -0.0538. The van der Waals surface area contributed by atoms with Gasteiger partial charge in [-0.25, -0.2) is 9.97 Å². The number of rotatable bonds is 6. The van der Waals surface area contributed by atoms with E-state index in [1.165, 1.54) is 5.56 Å². The maximum Gasteiger partial charge on any atom is 0.227 e. The smallest absolute Gasteiger partial charge is 0.227 e. The van der Waals surface area contributed by atoms with Crippen LogP contribution in [0.5, 0.6) is 11.5 Å². The minimum Gasteiger partial charge on any atom is -0.497 e. The summed E-state index contributed by atoms with van der Waals surface area (Å²) in [6, 6.07) is 15.7. The van der Waals surface area contributed by atoms with Crippen LogP contribution < -0.4 is 19.7 Å². The fourth-order valence-electron chi connectivity index (χ4n) is 3.90. The van der Waals surface area contributed by atoms with Gasteiger partial charge in [-0.1, -0.05) is 29.8 Å². The summed E-state index contributed by atoms with van der Waals surface area (Å²) in [7, 11) is 3.18. The molecule has 0 saturated carbocycles. The quantitative estimate of drug-likeness (QED) is 0.625. The van der Waals surface area contributed by atoms with Crippen LogP contribution in [0.3, 0.4) is 0 Å². The van der Waals surface area contributed by atoms with Gasteiger partial charge in [-0.15, -0.1) is 0 Å². The molecule has 1 fully saturated rings. The SMILES string of the molecule is COc1cc(NC(=O)C2CCN(c3cc(-c4ccc(C)cc4)ncn3)CC2)cc(OC)c1. The summed E-state index contributed by atoms with van der Waals surface area (Å²) in [5, 5.41) is 3.01. The number of nitrogens with one attached hydrogen (secondary N) is 1. The number of piperidine rings is 1. The molecule has 0 unspecified atom stereocenters. The average Bonchev–Trinajstić information content (AvgIpc) is 2.84. The van der Waals surface area contributed by atoms with Crippen molar-refractivity contribution in [2.45, 2.75) is 19.8 Å². The van der Waals surface area contributed by atoms with Gasteiger partial charge in [0.2, 0.25) is 5.91 Å². The van der Waals surface area contributed by atoms with Gasteiger partial charge in [0.15, 0.2) is 0 Å². The molecule has 1 saturated heterocycles. The predicted molar refractivity (Wildman–Crippen MR) is 125 cm³/mol. The van der Waals surface area contributed by atoms with E-state index in [4.69, 9.17) is 9.47 Å². The molecule has 0 aliphatic carbocycles. The number of hydrogen-bond acceptors (Lipinski definition) is 6. The third kappa shape index (κ3) is 4.99. The van der Waals surface area contributed by atoms with Crippen molar-refractivity contribution in [3.8, 4) is 22.8 Å². The summed E-state index contributed by atoms with van der Waals surface area (Å²) in [6.07, 6.45) is 3.13. The monoisotopic (exact) mass is 432 g/mol. The van der Waals surface area contributed by atoms with E-state index in [-0.39, 0.29) is 11.8 Å². The van der Waals surface area contributed by atoms with Gasteiger partial charge in [-0.2, -0.15) is 0 Å².